The summed E-state index contributed by atoms with van der Waals surface area (Å²) in [6.07, 6.45) is 9.14. The maximum atomic E-state index is 12.6. The molecule has 0 aliphatic heterocycles. The molecule has 8 heteroatoms. The quantitative estimate of drug-likeness (QED) is 0.417. The van der Waals surface area contributed by atoms with E-state index in [9.17, 15) is 4.79 Å². The molecule has 1 N–H and O–H groups in total. The molecule has 0 saturated heterocycles. The second-order valence-electron chi connectivity index (χ2n) is 7.63. The molecule has 8 nitrogen and oxygen atoms in total. The van der Waals surface area contributed by atoms with Gasteiger partial charge in [-0.2, -0.15) is 5.10 Å². The first-order valence-electron chi connectivity index (χ1n) is 10.5. The number of amides is 1. The Kier molecular flexibility index (Phi) is 5.55. The van der Waals surface area contributed by atoms with Gasteiger partial charge in [0.05, 0.1) is 44.4 Å². The Bertz CT molecular complexity index is 1410. The molecule has 33 heavy (non-hydrogen) atoms. The second kappa shape index (κ2) is 8.96. The Hall–Kier alpha value is -4.46. The number of hydrogen-bond acceptors (Lipinski definition) is 5. The predicted octanol–water partition coefficient (Wildman–Crippen LogP) is 3.83. The van der Waals surface area contributed by atoms with E-state index in [0.29, 0.717) is 18.0 Å². The molecule has 0 aliphatic rings. The molecule has 2 aromatic carbocycles. The van der Waals surface area contributed by atoms with Gasteiger partial charge in [-0.25, -0.2) is 4.98 Å². The van der Waals surface area contributed by atoms with Crippen molar-refractivity contribution in [1.82, 2.24) is 24.1 Å². The lowest BCUT2D eigenvalue weighted by atomic mass is 10.1. The van der Waals surface area contributed by atoms with Gasteiger partial charge >= 0.3 is 0 Å². The summed E-state index contributed by atoms with van der Waals surface area (Å²) in [6.45, 7) is 0.680. The van der Waals surface area contributed by atoms with E-state index in [2.05, 4.69) is 32.5 Å². The first-order valence-corrected chi connectivity index (χ1v) is 10.5. The first-order chi connectivity index (χ1) is 16.2. The Labute approximate surface area is 190 Å². The lowest BCUT2D eigenvalue weighted by molar-refractivity contribution is -0.115. The number of imidazole rings is 1. The van der Waals surface area contributed by atoms with Crippen molar-refractivity contribution >= 4 is 17.4 Å². The zero-order chi connectivity index (χ0) is 22.6. The number of rotatable bonds is 7. The maximum Gasteiger partial charge on any atom is 0.229 e. The van der Waals surface area contributed by atoms with Crippen LogP contribution in [0.5, 0.6) is 5.75 Å². The fraction of sp³-hybridized carbons (Fsp3) is 0.120. The van der Waals surface area contributed by atoms with E-state index < -0.39 is 0 Å². The molecule has 1 amide bonds. The minimum atomic E-state index is -0.140. The van der Waals surface area contributed by atoms with Crippen LogP contribution >= 0.6 is 0 Å². The number of fused-ring (bicyclic) bond motifs is 1. The van der Waals surface area contributed by atoms with Crippen molar-refractivity contribution in [2.45, 2.75) is 13.0 Å². The normalized spacial score (nSPS) is 10.9. The van der Waals surface area contributed by atoms with E-state index in [-0.39, 0.29) is 12.3 Å². The van der Waals surface area contributed by atoms with Gasteiger partial charge < -0.3 is 10.1 Å². The van der Waals surface area contributed by atoms with Crippen LogP contribution in [-0.4, -0.2) is 37.2 Å². The molecule has 5 aromatic rings. The highest BCUT2D eigenvalue weighted by Gasteiger charge is 2.12. The summed E-state index contributed by atoms with van der Waals surface area (Å²) in [6, 6.07) is 17.6. The lowest BCUT2D eigenvalue weighted by Crippen LogP contribution is -2.15. The minimum Gasteiger partial charge on any atom is -0.497 e. The minimum absolute atomic E-state index is 0.140. The summed E-state index contributed by atoms with van der Waals surface area (Å²) in [5.41, 5.74) is 4.31. The molecule has 0 spiro atoms. The summed E-state index contributed by atoms with van der Waals surface area (Å²) in [5.74, 6) is 1.16. The highest BCUT2D eigenvalue weighted by molar-refractivity contribution is 5.91. The zero-order valence-electron chi connectivity index (χ0n) is 18.0. The summed E-state index contributed by atoms with van der Waals surface area (Å²) in [7, 11) is 1.61. The summed E-state index contributed by atoms with van der Waals surface area (Å²) in [5, 5.41) is 7.40. The number of ether oxygens (including phenoxy) is 1. The fourth-order valence-electron chi connectivity index (χ4n) is 3.64. The highest BCUT2D eigenvalue weighted by atomic mass is 16.5. The largest absolute Gasteiger partial charge is 0.497 e. The van der Waals surface area contributed by atoms with Gasteiger partial charge in [0.15, 0.2) is 5.65 Å². The molecule has 3 heterocycles. The maximum absolute atomic E-state index is 12.6. The average Bonchev–Trinajstić information content (AvgIpc) is 3.47. The van der Waals surface area contributed by atoms with Crippen LogP contribution in [0.15, 0.2) is 85.6 Å². The van der Waals surface area contributed by atoms with Gasteiger partial charge in [-0.05, 0) is 23.3 Å². The molecular formula is C25H22N6O2. The van der Waals surface area contributed by atoms with Crippen molar-refractivity contribution in [3.05, 3.63) is 96.7 Å². The van der Waals surface area contributed by atoms with E-state index in [1.807, 2.05) is 63.9 Å². The Morgan fingerprint density at radius 1 is 0.970 bits per heavy atom. The third-order valence-corrected chi connectivity index (χ3v) is 5.28. The second-order valence-corrected chi connectivity index (χ2v) is 7.63. The number of anilines is 1. The van der Waals surface area contributed by atoms with Crippen molar-refractivity contribution < 1.29 is 9.53 Å². The molecule has 0 fully saturated rings. The van der Waals surface area contributed by atoms with Crippen LogP contribution in [0.1, 0.15) is 11.1 Å². The third-order valence-electron chi connectivity index (χ3n) is 5.28. The van der Waals surface area contributed by atoms with Gasteiger partial charge in [-0.3, -0.25) is 18.9 Å². The Morgan fingerprint density at radius 2 is 1.82 bits per heavy atom. The van der Waals surface area contributed by atoms with E-state index >= 15 is 0 Å². The van der Waals surface area contributed by atoms with E-state index in [4.69, 9.17) is 4.74 Å². The van der Waals surface area contributed by atoms with Crippen molar-refractivity contribution in [2.24, 2.45) is 0 Å². The van der Waals surface area contributed by atoms with E-state index in [1.54, 1.807) is 25.7 Å². The highest BCUT2D eigenvalue weighted by Crippen LogP contribution is 2.20. The number of hydrogen-bond donors (Lipinski definition) is 1. The smallest absolute Gasteiger partial charge is 0.229 e. The molecule has 0 atom stereocenters. The Morgan fingerprint density at radius 3 is 2.67 bits per heavy atom. The Balaban J connectivity index is 1.34. The number of methoxy groups -OCH3 is 1. The molecule has 0 radical (unpaired) electrons. The van der Waals surface area contributed by atoms with Crippen molar-refractivity contribution in [3.8, 4) is 17.0 Å². The average molecular weight is 438 g/mol. The standard InChI is InChI=1S/C25H22N6O2/c1-33-21-9-5-8-19(10-21)11-25(32)29-24-14-27-23-13-26-22(17-31(23)24)20-12-28-30(16-20)15-18-6-3-2-4-7-18/h2-10,12-14,16-17H,11,15H2,1H3,(H,29,32). The third kappa shape index (κ3) is 4.59. The van der Waals surface area contributed by atoms with Crippen molar-refractivity contribution in [3.63, 3.8) is 0 Å². The topological polar surface area (TPSA) is 86.3 Å². The molecule has 3 aromatic heterocycles. The predicted molar refractivity (Wildman–Crippen MR) is 125 cm³/mol. The zero-order valence-corrected chi connectivity index (χ0v) is 18.0. The summed E-state index contributed by atoms with van der Waals surface area (Å²) in [4.78, 5) is 21.5. The molecule has 0 unspecified atom stereocenters. The molecule has 0 bridgehead atoms. The fourth-order valence-corrected chi connectivity index (χ4v) is 3.64. The van der Waals surface area contributed by atoms with Gasteiger partial charge in [0, 0.05) is 18.0 Å². The first kappa shape index (κ1) is 20.4. The number of benzene rings is 2. The van der Waals surface area contributed by atoms with Gasteiger partial charge in [-0.15, -0.1) is 0 Å². The van der Waals surface area contributed by atoms with Crippen LogP contribution in [0.4, 0.5) is 5.82 Å². The van der Waals surface area contributed by atoms with Gasteiger partial charge in [0.1, 0.15) is 11.6 Å². The number of aromatic nitrogens is 5. The molecule has 0 saturated carbocycles. The van der Waals surface area contributed by atoms with E-state index in [0.717, 1.165) is 22.6 Å². The monoisotopic (exact) mass is 438 g/mol. The van der Waals surface area contributed by atoms with Crippen LogP contribution in [0.25, 0.3) is 16.9 Å². The number of carbonyl (C=O) groups excluding carboxylic acids is 1. The molecular weight excluding hydrogens is 416 g/mol. The lowest BCUT2D eigenvalue weighted by Gasteiger charge is -2.07. The summed E-state index contributed by atoms with van der Waals surface area (Å²) < 4.78 is 8.93. The van der Waals surface area contributed by atoms with Crippen LogP contribution in [0, 0.1) is 0 Å². The van der Waals surface area contributed by atoms with Crippen molar-refractivity contribution in [2.75, 3.05) is 12.4 Å². The van der Waals surface area contributed by atoms with Crippen LogP contribution in [0.3, 0.4) is 0 Å². The number of nitrogens with one attached hydrogen (secondary N) is 1. The SMILES string of the molecule is COc1cccc(CC(=O)Nc2cnc3cnc(-c4cnn(Cc5ccccc5)c4)cn23)c1. The van der Waals surface area contributed by atoms with Crippen LogP contribution < -0.4 is 10.1 Å². The van der Waals surface area contributed by atoms with E-state index in [1.165, 1.54) is 5.56 Å². The van der Waals surface area contributed by atoms with Crippen LogP contribution in [0.2, 0.25) is 0 Å². The number of nitrogens with zero attached hydrogens (tertiary/aromatic N) is 5. The van der Waals surface area contributed by atoms with Gasteiger partial charge in [0.2, 0.25) is 5.91 Å². The van der Waals surface area contributed by atoms with Gasteiger partial charge in [-0.1, -0.05) is 42.5 Å². The molecule has 164 valence electrons. The summed E-state index contributed by atoms with van der Waals surface area (Å²) >= 11 is 0. The number of carbonyl (C=O) groups is 1. The van der Waals surface area contributed by atoms with Gasteiger partial charge in [0.25, 0.3) is 0 Å². The van der Waals surface area contributed by atoms with Crippen LogP contribution in [-0.2, 0) is 17.8 Å². The molecule has 5 rings (SSSR count). The molecule has 0 aliphatic carbocycles. The van der Waals surface area contributed by atoms with Crippen molar-refractivity contribution in [1.29, 1.82) is 0 Å².